The molecule has 0 aliphatic rings. The average Bonchev–Trinajstić information content (AvgIpc) is 2.29. The maximum Gasteiger partial charge on any atom is 0.131 e. The van der Waals surface area contributed by atoms with Crippen molar-refractivity contribution in [2.45, 2.75) is 26.7 Å². The summed E-state index contributed by atoms with van der Waals surface area (Å²) in [5.74, 6) is 0.350. The molecule has 0 heterocycles. The lowest BCUT2D eigenvalue weighted by Gasteiger charge is -2.23. The van der Waals surface area contributed by atoms with Gasteiger partial charge in [-0.25, -0.2) is 0 Å². The molecule has 0 aromatic heterocycles. The van der Waals surface area contributed by atoms with Crippen molar-refractivity contribution in [1.82, 2.24) is 0 Å². The number of anilines is 1. The number of para-hydroxylation sites is 1. The highest BCUT2D eigenvalue weighted by molar-refractivity contribution is 5.77. The van der Waals surface area contributed by atoms with Gasteiger partial charge in [0.25, 0.3) is 0 Å². The minimum absolute atomic E-state index is 0.175. The molecule has 0 spiro atoms. The first-order valence-corrected chi connectivity index (χ1v) is 5.88. The van der Waals surface area contributed by atoms with Crippen molar-refractivity contribution < 1.29 is 9.59 Å². The molecule has 3 nitrogen and oxygen atoms in total. The molecule has 1 rings (SSSR count). The molecule has 3 heteroatoms. The molecule has 0 atom stereocenters. The minimum atomic E-state index is 0.175. The van der Waals surface area contributed by atoms with E-state index in [9.17, 15) is 9.59 Å². The van der Waals surface area contributed by atoms with Crippen LogP contribution in [0.3, 0.4) is 0 Å². The monoisotopic (exact) mass is 233 g/mol. The van der Waals surface area contributed by atoms with Crippen LogP contribution in [0.2, 0.25) is 0 Å². The molecule has 0 amide bonds. The van der Waals surface area contributed by atoms with Gasteiger partial charge < -0.3 is 4.90 Å². The van der Waals surface area contributed by atoms with Gasteiger partial charge >= 0.3 is 0 Å². The van der Waals surface area contributed by atoms with Crippen molar-refractivity contribution in [1.29, 1.82) is 0 Å². The van der Waals surface area contributed by atoms with E-state index < -0.39 is 0 Å². The van der Waals surface area contributed by atoms with Crippen LogP contribution in [0.1, 0.15) is 26.7 Å². The van der Waals surface area contributed by atoms with E-state index in [1.165, 1.54) is 0 Å². The zero-order valence-corrected chi connectivity index (χ0v) is 10.5. The number of carbonyl (C=O) groups excluding carboxylic acids is 2. The Balaban J connectivity index is 2.64. The van der Waals surface area contributed by atoms with Crippen LogP contribution in [0.5, 0.6) is 0 Å². The molecule has 17 heavy (non-hydrogen) atoms. The van der Waals surface area contributed by atoms with Gasteiger partial charge in [-0.1, -0.05) is 18.2 Å². The first-order chi connectivity index (χ1) is 8.09. The van der Waals surface area contributed by atoms with Crippen molar-refractivity contribution in [2.75, 3.05) is 18.0 Å². The van der Waals surface area contributed by atoms with Gasteiger partial charge in [-0.3, -0.25) is 9.59 Å². The molecular weight excluding hydrogens is 214 g/mol. The van der Waals surface area contributed by atoms with E-state index in [-0.39, 0.29) is 11.6 Å². The fraction of sp³-hybridized carbons (Fsp3) is 0.429. The molecule has 0 N–H and O–H groups in total. The number of rotatable bonds is 7. The molecule has 0 bridgehead atoms. The average molecular weight is 233 g/mol. The van der Waals surface area contributed by atoms with E-state index >= 15 is 0 Å². The summed E-state index contributed by atoms with van der Waals surface area (Å²) >= 11 is 0. The lowest BCUT2D eigenvalue weighted by atomic mass is 10.2. The van der Waals surface area contributed by atoms with Gasteiger partial charge in [-0.15, -0.1) is 0 Å². The second-order valence-corrected chi connectivity index (χ2v) is 4.23. The molecular formula is C14H19NO2. The number of ketones is 2. The van der Waals surface area contributed by atoms with Crippen LogP contribution in [0.25, 0.3) is 0 Å². The molecule has 0 saturated carbocycles. The highest BCUT2D eigenvalue weighted by atomic mass is 16.1. The molecule has 0 unspecified atom stereocenters. The Morgan fingerprint density at radius 1 is 0.941 bits per heavy atom. The van der Waals surface area contributed by atoms with E-state index in [4.69, 9.17) is 0 Å². The van der Waals surface area contributed by atoms with Crippen LogP contribution in [-0.2, 0) is 9.59 Å². The summed E-state index contributed by atoms with van der Waals surface area (Å²) in [5, 5.41) is 0. The summed E-state index contributed by atoms with van der Waals surface area (Å²) in [6, 6.07) is 9.88. The summed E-state index contributed by atoms with van der Waals surface area (Å²) < 4.78 is 0. The second kappa shape index (κ2) is 6.84. The van der Waals surface area contributed by atoms with Crippen LogP contribution in [-0.4, -0.2) is 24.7 Å². The topological polar surface area (TPSA) is 37.4 Å². The highest BCUT2D eigenvalue weighted by Crippen LogP contribution is 2.14. The zero-order valence-electron chi connectivity index (χ0n) is 10.5. The van der Waals surface area contributed by atoms with Crippen LogP contribution in [0.4, 0.5) is 5.69 Å². The smallest absolute Gasteiger partial charge is 0.131 e. The van der Waals surface area contributed by atoms with Gasteiger partial charge in [0.05, 0.1) is 0 Å². The Morgan fingerprint density at radius 3 is 1.82 bits per heavy atom. The standard InChI is InChI=1S/C14H19NO2/c1-12(16)8-10-15(11-9-13(2)17)14-6-4-3-5-7-14/h3-7H,8-11H2,1-2H3. The Morgan fingerprint density at radius 2 is 1.41 bits per heavy atom. The van der Waals surface area contributed by atoms with E-state index in [1.54, 1.807) is 13.8 Å². The third kappa shape index (κ3) is 5.29. The lowest BCUT2D eigenvalue weighted by Crippen LogP contribution is -2.28. The summed E-state index contributed by atoms with van der Waals surface area (Å²) in [6.07, 6.45) is 1.04. The predicted octanol–water partition coefficient (Wildman–Crippen LogP) is 2.45. The van der Waals surface area contributed by atoms with Gasteiger partial charge in [0.15, 0.2) is 0 Å². The Hall–Kier alpha value is -1.64. The number of nitrogens with zero attached hydrogens (tertiary/aromatic N) is 1. The van der Waals surface area contributed by atoms with E-state index in [0.717, 1.165) is 5.69 Å². The van der Waals surface area contributed by atoms with Crippen molar-refractivity contribution in [2.24, 2.45) is 0 Å². The largest absolute Gasteiger partial charge is 0.371 e. The minimum Gasteiger partial charge on any atom is -0.371 e. The van der Waals surface area contributed by atoms with Crippen LogP contribution in [0.15, 0.2) is 30.3 Å². The Labute approximate surface area is 102 Å². The Kier molecular flexibility index (Phi) is 5.40. The van der Waals surface area contributed by atoms with E-state index in [1.807, 2.05) is 30.3 Å². The van der Waals surface area contributed by atoms with E-state index in [2.05, 4.69) is 4.90 Å². The fourth-order valence-corrected chi connectivity index (χ4v) is 1.59. The maximum absolute atomic E-state index is 11.0. The van der Waals surface area contributed by atoms with Crippen molar-refractivity contribution in [3.8, 4) is 0 Å². The summed E-state index contributed by atoms with van der Waals surface area (Å²) in [6.45, 7) is 4.53. The normalized spacial score (nSPS) is 10.0. The van der Waals surface area contributed by atoms with Gasteiger partial charge in [0, 0.05) is 31.6 Å². The van der Waals surface area contributed by atoms with Gasteiger partial charge in [-0.2, -0.15) is 0 Å². The molecule has 92 valence electrons. The molecule has 0 aliphatic heterocycles. The number of Topliss-reactive ketones (excluding diaryl/α,β-unsaturated/α-hetero) is 2. The van der Waals surface area contributed by atoms with E-state index in [0.29, 0.717) is 25.9 Å². The van der Waals surface area contributed by atoms with Gasteiger partial charge in [0.2, 0.25) is 0 Å². The van der Waals surface area contributed by atoms with Crippen LogP contribution >= 0.6 is 0 Å². The molecule has 1 aromatic rings. The van der Waals surface area contributed by atoms with Crippen LogP contribution < -0.4 is 4.90 Å². The summed E-state index contributed by atoms with van der Waals surface area (Å²) in [4.78, 5) is 24.1. The van der Waals surface area contributed by atoms with Crippen molar-refractivity contribution in [3.63, 3.8) is 0 Å². The van der Waals surface area contributed by atoms with Gasteiger partial charge in [-0.05, 0) is 26.0 Å². The Bertz CT molecular complexity index is 355. The summed E-state index contributed by atoms with van der Waals surface area (Å²) in [5.41, 5.74) is 1.06. The first-order valence-electron chi connectivity index (χ1n) is 5.88. The fourth-order valence-electron chi connectivity index (χ4n) is 1.59. The second-order valence-electron chi connectivity index (χ2n) is 4.23. The summed E-state index contributed by atoms with van der Waals surface area (Å²) in [7, 11) is 0. The number of carbonyl (C=O) groups is 2. The predicted molar refractivity (Wildman–Crippen MR) is 69.3 cm³/mol. The maximum atomic E-state index is 11.0. The van der Waals surface area contributed by atoms with Gasteiger partial charge in [0.1, 0.15) is 11.6 Å². The molecule has 0 fully saturated rings. The molecule has 0 aliphatic carbocycles. The third-order valence-electron chi connectivity index (χ3n) is 2.59. The zero-order chi connectivity index (χ0) is 12.7. The third-order valence-corrected chi connectivity index (χ3v) is 2.59. The highest BCUT2D eigenvalue weighted by Gasteiger charge is 2.08. The molecule has 1 aromatic carbocycles. The molecule has 0 saturated heterocycles. The number of hydrogen-bond acceptors (Lipinski definition) is 3. The number of benzene rings is 1. The first kappa shape index (κ1) is 13.4. The SMILES string of the molecule is CC(=O)CCN(CCC(C)=O)c1ccccc1. The lowest BCUT2D eigenvalue weighted by molar-refractivity contribution is -0.117. The number of hydrogen-bond donors (Lipinski definition) is 0. The molecule has 0 radical (unpaired) electrons. The quantitative estimate of drug-likeness (QED) is 0.726. The van der Waals surface area contributed by atoms with Crippen LogP contribution in [0, 0.1) is 0 Å². The van der Waals surface area contributed by atoms with Crippen molar-refractivity contribution in [3.05, 3.63) is 30.3 Å². The van der Waals surface area contributed by atoms with Crippen molar-refractivity contribution >= 4 is 17.3 Å².